The van der Waals surface area contributed by atoms with Crippen molar-refractivity contribution >= 4 is 35.2 Å². The van der Waals surface area contributed by atoms with Gasteiger partial charge in [-0.15, -0.1) is 0 Å². The van der Waals surface area contributed by atoms with E-state index in [2.05, 4.69) is 10.3 Å². The van der Waals surface area contributed by atoms with Crippen LogP contribution in [0.3, 0.4) is 0 Å². The van der Waals surface area contributed by atoms with Crippen LogP contribution in [-0.2, 0) is 17.7 Å². The van der Waals surface area contributed by atoms with Crippen LogP contribution in [0.1, 0.15) is 35.4 Å². The Morgan fingerprint density at radius 3 is 2.77 bits per heavy atom. The van der Waals surface area contributed by atoms with E-state index in [1.165, 1.54) is 0 Å². The number of nitrogens with one attached hydrogen (secondary N) is 1. The zero-order valence-corrected chi connectivity index (χ0v) is 18.4. The van der Waals surface area contributed by atoms with Crippen molar-refractivity contribution in [1.82, 2.24) is 14.9 Å². The van der Waals surface area contributed by atoms with Crippen molar-refractivity contribution in [3.05, 3.63) is 50.8 Å². The Bertz CT molecular complexity index is 928. The van der Waals surface area contributed by atoms with Gasteiger partial charge in [-0.25, -0.2) is 14.8 Å². The first-order chi connectivity index (χ1) is 14.3. The van der Waals surface area contributed by atoms with Crippen LogP contribution in [0.15, 0.2) is 18.2 Å². The highest BCUT2D eigenvalue weighted by molar-refractivity contribution is 6.42. The number of halogens is 2. The molecule has 0 radical (unpaired) electrons. The highest BCUT2D eigenvalue weighted by Crippen LogP contribution is 2.34. The highest BCUT2D eigenvalue weighted by Gasteiger charge is 2.29. The molecule has 0 saturated heterocycles. The van der Waals surface area contributed by atoms with Crippen molar-refractivity contribution in [1.29, 1.82) is 0 Å². The normalized spacial score (nSPS) is 15.4. The summed E-state index contributed by atoms with van der Waals surface area (Å²) in [4.78, 5) is 22.6. The van der Waals surface area contributed by atoms with Crippen molar-refractivity contribution in [2.75, 3.05) is 32.2 Å². The third-order valence-corrected chi connectivity index (χ3v) is 5.81. The lowest BCUT2D eigenvalue weighted by Crippen LogP contribution is -2.40. The number of hydrogen-bond donors (Lipinski definition) is 3. The van der Waals surface area contributed by atoms with E-state index >= 15 is 0 Å². The average molecular weight is 454 g/mol. The molecule has 1 aromatic heterocycles. The number of methoxy groups -OCH3 is 1. The van der Waals surface area contributed by atoms with Gasteiger partial charge in [0.1, 0.15) is 0 Å². The minimum atomic E-state index is -0.489. The van der Waals surface area contributed by atoms with E-state index in [1.54, 1.807) is 18.1 Å². The summed E-state index contributed by atoms with van der Waals surface area (Å²) in [7, 11) is 1.62. The lowest BCUT2D eigenvalue weighted by atomic mass is 9.90. The molecule has 2 atom stereocenters. The maximum absolute atomic E-state index is 11.7. The van der Waals surface area contributed by atoms with Gasteiger partial charge in [0.2, 0.25) is 5.95 Å². The van der Waals surface area contributed by atoms with Gasteiger partial charge in [0.15, 0.2) is 0 Å². The number of aromatic nitrogens is 2. The molecular weight excluding hydrogens is 429 g/mol. The lowest BCUT2D eigenvalue weighted by Gasteiger charge is -2.30. The largest absolute Gasteiger partial charge is 0.394 e. The van der Waals surface area contributed by atoms with E-state index in [0.717, 1.165) is 22.5 Å². The molecule has 0 bridgehead atoms. The fraction of sp³-hybridized carbons (Fsp3) is 0.450. The van der Waals surface area contributed by atoms with E-state index in [-0.39, 0.29) is 18.6 Å². The van der Waals surface area contributed by atoms with Crippen LogP contribution in [0.2, 0.25) is 10.0 Å². The molecule has 0 saturated carbocycles. The molecule has 0 spiro atoms. The molecule has 0 unspecified atom stereocenters. The number of benzene rings is 1. The highest BCUT2D eigenvalue weighted by atomic mass is 35.5. The Balaban J connectivity index is 2.11. The molecule has 1 aromatic carbocycles. The SMILES string of the molecule is COC[C@@H](c1ccc(Cl)c(Cl)c1)c1nc(N[C@@H](C)CO)nc2c1CCN(C(N)=O)C2. The molecule has 3 rings (SSSR count). The second kappa shape index (κ2) is 9.78. The van der Waals surface area contributed by atoms with Crippen molar-refractivity contribution in [3.63, 3.8) is 0 Å². The van der Waals surface area contributed by atoms with E-state index < -0.39 is 6.03 Å². The number of carbonyl (C=O) groups excluding carboxylic acids is 1. The number of aliphatic hydroxyl groups excluding tert-OH is 1. The summed E-state index contributed by atoms with van der Waals surface area (Å²) < 4.78 is 5.49. The van der Waals surface area contributed by atoms with Gasteiger partial charge in [0.25, 0.3) is 0 Å². The Kier molecular flexibility index (Phi) is 7.36. The van der Waals surface area contributed by atoms with E-state index in [1.807, 2.05) is 19.1 Å². The molecule has 8 nitrogen and oxygen atoms in total. The predicted molar refractivity (Wildman–Crippen MR) is 116 cm³/mol. The number of nitrogens with two attached hydrogens (primary N) is 1. The van der Waals surface area contributed by atoms with Gasteiger partial charge in [0, 0.05) is 19.7 Å². The van der Waals surface area contributed by atoms with Gasteiger partial charge in [-0.2, -0.15) is 0 Å². The smallest absolute Gasteiger partial charge is 0.315 e. The summed E-state index contributed by atoms with van der Waals surface area (Å²) in [5, 5.41) is 13.4. The average Bonchev–Trinajstić information content (AvgIpc) is 2.73. The molecule has 2 heterocycles. The van der Waals surface area contributed by atoms with Gasteiger partial charge in [0.05, 0.1) is 47.1 Å². The minimum absolute atomic E-state index is 0.0719. The van der Waals surface area contributed by atoms with Gasteiger partial charge in [-0.3, -0.25) is 0 Å². The quantitative estimate of drug-likeness (QED) is 0.593. The topological polar surface area (TPSA) is 114 Å². The van der Waals surface area contributed by atoms with Gasteiger partial charge < -0.3 is 25.8 Å². The fourth-order valence-corrected chi connectivity index (χ4v) is 3.80. The molecule has 2 amide bonds. The third-order valence-electron chi connectivity index (χ3n) is 5.07. The van der Waals surface area contributed by atoms with Crippen LogP contribution in [0.25, 0.3) is 0 Å². The molecule has 4 N–H and O–H groups in total. The number of primary amides is 1. The molecular formula is C20H25Cl2N5O3. The molecule has 0 fully saturated rings. The first kappa shape index (κ1) is 22.6. The Hall–Kier alpha value is -2.13. The number of ether oxygens (including phenoxy) is 1. The van der Waals surface area contributed by atoms with Crippen molar-refractivity contribution in [2.45, 2.75) is 31.8 Å². The summed E-state index contributed by atoms with van der Waals surface area (Å²) in [6.07, 6.45) is 0.574. The second-order valence-corrected chi connectivity index (χ2v) is 8.09. The first-order valence-electron chi connectivity index (χ1n) is 9.59. The number of hydrogen-bond acceptors (Lipinski definition) is 6. The number of fused-ring (bicyclic) bond motifs is 1. The van der Waals surface area contributed by atoms with Crippen molar-refractivity contribution in [3.8, 4) is 0 Å². The summed E-state index contributed by atoms with van der Waals surface area (Å²) in [5.74, 6) is 0.157. The molecule has 0 aliphatic carbocycles. The first-order valence-corrected chi connectivity index (χ1v) is 10.3. The van der Waals surface area contributed by atoms with Crippen LogP contribution in [0.4, 0.5) is 10.7 Å². The monoisotopic (exact) mass is 453 g/mol. The maximum atomic E-state index is 11.7. The number of aliphatic hydroxyl groups is 1. The molecule has 30 heavy (non-hydrogen) atoms. The van der Waals surface area contributed by atoms with Crippen molar-refractivity contribution < 1.29 is 14.6 Å². The Morgan fingerprint density at radius 1 is 1.37 bits per heavy atom. The minimum Gasteiger partial charge on any atom is -0.394 e. The van der Waals surface area contributed by atoms with Gasteiger partial charge in [-0.1, -0.05) is 29.3 Å². The standard InChI is InChI=1S/C20H25Cl2N5O3/c1-11(9-28)24-20-25-17-8-27(19(23)29)6-5-13(17)18(26-20)14(10-30-2)12-3-4-15(21)16(22)7-12/h3-4,7,11,14,28H,5-6,8-10H2,1-2H3,(H2,23,29)(H,24,25,26)/t11-,14-/m0/s1. The molecule has 1 aliphatic rings. The summed E-state index contributed by atoms with van der Waals surface area (Å²) >= 11 is 12.4. The van der Waals surface area contributed by atoms with Crippen LogP contribution >= 0.6 is 23.2 Å². The second-order valence-electron chi connectivity index (χ2n) is 7.28. The Labute approximate surface area is 185 Å². The fourth-order valence-electron chi connectivity index (χ4n) is 3.50. The van der Waals surface area contributed by atoms with Crippen LogP contribution in [0.5, 0.6) is 0 Å². The number of carbonyl (C=O) groups is 1. The van der Waals surface area contributed by atoms with Gasteiger partial charge in [-0.05, 0) is 36.6 Å². The molecule has 162 valence electrons. The third kappa shape index (κ3) is 4.95. The number of amides is 2. The van der Waals surface area contributed by atoms with Crippen LogP contribution in [0, 0.1) is 0 Å². The van der Waals surface area contributed by atoms with E-state index in [0.29, 0.717) is 42.1 Å². The number of urea groups is 1. The van der Waals surface area contributed by atoms with Crippen LogP contribution < -0.4 is 11.1 Å². The van der Waals surface area contributed by atoms with Gasteiger partial charge >= 0.3 is 6.03 Å². The van der Waals surface area contributed by atoms with Crippen molar-refractivity contribution in [2.24, 2.45) is 5.73 Å². The number of nitrogens with zero attached hydrogens (tertiary/aromatic N) is 3. The number of anilines is 1. The molecule has 1 aliphatic heterocycles. The summed E-state index contributed by atoms with van der Waals surface area (Å²) in [5.41, 5.74) is 8.86. The summed E-state index contributed by atoms with van der Waals surface area (Å²) in [6.45, 7) is 2.90. The van der Waals surface area contributed by atoms with E-state index in [9.17, 15) is 9.90 Å². The molecule has 10 heteroatoms. The Morgan fingerprint density at radius 2 is 2.13 bits per heavy atom. The lowest BCUT2D eigenvalue weighted by molar-refractivity contribution is 0.186. The number of rotatable bonds is 7. The zero-order valence-electron chi connectivity index (χ0n) is 16.9. The van der Waals surface area contributed by atoms with E-state index in [4.69, 9.17) is 38.7 Å². The molecule has 2 aromatic rings. The predicted octanol–water partition coefficient (Wildman–Crippen LogP) is 2.79. The maximum Gasteiger partial charge on any atom is 0.315 e. The zero-order chi connectivity index (χ0) is 21.8. The van der Waals surface area contributed by atoms with Crippen LogP contribution in [-0.4, -0.2) is 58.9 Å². The summed E-state index contributed by atoms with van der Waals surface area (Å²) in [6, 6.07) is 4.73.